The average molecular weight is 452 g/mol. The molecule has 2 N–H and O–H groups in total. The summed E-state index contributed by atoms with van der Waals surface area (Å²) in [7, 11) is 0. The summed E-state index contributed by atoms with van der Waals surface area (Å²) in [5, 5.41) is 5.63. The largest absolute Gasteiger partial charge is 0.325 e. The van der Waals surface area contributed by atoms with Crippen LogP contribution in [0, 0.1) is 12.7 Å². The Labute approximate surface area is 186 Å². The lowest BCUT2D eigenvalue weighted by Crippen LogP contribution is -2.13. The minimum Gasteiger partial charge on any atom is -0.325 e. The van der Waals surface area contributed by atoms with E-state index in [1.807, 2.05) is 37.3 Å². The van der Waals surface area contributed by atoms with E-state index in [-0.39, 0.29) is 23.4 Å². The molecule has 0 saturated heterocycles. The lowest BCUT2D eigenvalue weighted by atomic mass is 10.1. The zero-order chi connectivity index (χ0) is 21.8. The number of aryl methyl sites for hydroxylation is 1. The van der Waals surface area contributed by atoms with Gasteiger partial charge in [0.15, 0.2) is 4.34 Å². The summed E-state index contributed by atoms with van der Waals surface area (Å²) < 4.78 is 14.6. The van der Waals surface area contributed by atoms with Crippen molar-refractivity contribution in [3.8, 4) is 0 Å². The van der Waals surface area contributed by atoms with Gasteiger partial charge < -0.3 is 10.6 Å². The summed E-state index contributed by atoms with van der Waals surface area (Å²) in [5.41, 5.74) is 3.73. The zero-order valence-corrected chi connectivity index (χ0v) is 18.1. The zero-order valence-electron chi connectivity index (χ0n) is 16.5. The molecular weight excluding hydrogens is 433 g/mol. The van der Waals surface area contributed by atoms with Crippen LogP contribution in [0.3, 0.4) is 0 Å². The third-order valence-corrected chi connectivity index (χ3v) is 6.56. The van der Waals surface area contributed by atoms with Crippen molar-refractivity contribution < 1.29 is 14.0 Å². The highest BCUT2D eigenvalue weighted by molar-refractivity contribution is 8.01. The lowest BCUT2D eigenvalue weighted by molar-refractivity contribution is -0.113. The van der Waals surface area contributed by atoms with E-state index in [4.69, 9.17) is 0 Å². The highest BCUT2D eigenvalue weighted by Crippen LogP contribution is 2.31. The van der Waals surface area contributed by atoms with Crippen molar-refractivity contribution in [2.24, 2.45) is 0 Å². The molecule has 2 amide bonds. The molecule has 4 aromatic rings. The van der Waals surface area contributed by atoms with E-state index in [1.165, 1.54) is 47.4 Å². The first-order chi connectivity index (χ1) is 15.0. The molecular formula is C23H18FN3O2S2. The van der Waals surface area contributed by atoms with Gasteiger partial charge in [0, 0.05) is 16.9 Å². The van der Waals surface area contributed by atoms with Crippen LogP contribution in [0.5, 0.6) is 0 Å². The molecule has 1 aromatic heterocycles. The van der Waals surface area contributed by atoms with Gasteiger partial charge in [-0.2, -0.15) is 0 Å². The molecule has 0 atom stereocenters. The number of carbonyl (C=O) groups is 2. The Kier molecular flexibility index (Phi) is 6.29. The SMILES string of the molecule is Cc1ccc(C(=O)Nc2ccc3nc(SCC(=O)Nc4ccc(F)cc4)sc3c2)cc1. The number of fused-ring (bicyclic) bond motifs is 1. The maximum absolute atomic E-state index is 12.9. The van der Waals surface area contributed by atoms with E-state index in [2.05, 4.69) is 15.6 Å². The van der Waals surface area contributed by atoms with Gasteiger partial charge >= 0.3 is 0 Å². The van der Waals surface area contributed by atoms with Gasteiger partial charge in [0.1, 0.15) is 5.82 Å². The number of rotatable bonds is 6. The number of hydrogen-bond acceptors (Lipinski definition) is 5. The number of hydrogen-bond donors (Lipinski definition) is 2. The molecule has 0 aliphatic heterocycles. The van der Waals surface area contributed by atoms with Crippen molar-refractivity contribution in [1.29, 1.82) is 0 Å². The molecule has 0 saturated carbocycles. The number of nitrogens with zero attached hydrogens (tertiary/aromatic N) is 1. The summed E-state index contributed by atoms with van der Waals surface area (Å²) in [5.74, 6) is -0.525. The van der Waals surface area contributed by atoms with Gasteiger partial charge in [-0.25, -0.2) is 9.37 Å². The van der Waals surface area contributed by atoms with E-state index in [0.717, 1.165) is 20.1 Å². The van der Waals surface area contributed by atoms with Crippen LogP contribution in [0.1, 0.15) is 15.9 Å². The molecule has 0 fully saturated rings. The van der Waals surface area contributed by atoms with Crippen molar-refractivity contribution in [2.75, 3.05) is 16.4 Å². The molecule has 31 heavy (non-hydrogen) atoms. The van der Waals surface area contributed by atoms with Gasteiger partial charge in [0.25, 0.3) is 5.91 Å². The third-order valence-electron chi connectivity index (χ3n) is 4.40. The molecule has 5 nitrogen and oxygen atoms in total. The van der Waals surface area contributed by atoms with E-state index in [9.17, 15) is 14.0 Å². The lowest BCUT2D eigenvalue weighted by Gasteiger charge is -2.05. The van der Waals surface area contributed by atoms with Crippen molar-refractivity contribution in [2.45, 2.75) is 11.3 Å². The maximum atomic E-state index is 12.9. The predicted molar refractivity (Wildman–Crippen MR) is 125 cm³/mol. The Morgan fingerprint density at radius 1 is 0.968 bits per heavy atom. The molecule has 0 spiro atoms. The van der Waals surface area contributed by atoms with E-state index in [1.54, 1.807) is 12.1 Å². The molecule has 4 rings (SSSR count). The van der Waals surface area contributed by atoms with Gasteiger partial charge in [0.05, 0.1) is 16.0 Å². The summed E-state index contributed by atoms with van der Waals surface area (Å²) in [6, 6.07) is 18.5. The van der Waals surface area contributed by atoms with Gasteiger partial charge in [-0.3, -0.25) is 9.59 Å². The van der Waals surface area contributed by atoms with Gasteiger partial charge in [0.2, 0.25) is 5.91 Å². The first-order valence-corrected chi connectivity index (χ1v) is 11.2. The van der Waals surface area contributed by atoms with Gasteiger partial charge in [-0.1, -0.05) is 29.5 Å². The van der Waals surface area contributed by atoms with Gasteiger partial charge in [-0.05, 0) is 61.5 Å². The van der Waals surface area contributed by atoms with Crippen LogP contribution in [0.2, 0.25) is 0 Å². The molecule has 8 heteroatoms. The molecule has 0 radical (unpaired) electrons. The third kappa shape index (κ3) is 5.48. The number of nitrogens with one attached hydrogen (secondary N) is 2. The van der Waals surface area contributed by atoms with Crippen LogP contribution < -0.4 is 10.6 Å². The number of halogens is 1. The number of thiazole rings is 1. The number of amides is 2. The Bertz CT molecular complexity index is 1240. The molecule has 0 aliphatic carbocycles. The smallest absolute Gasteiger partial charge is 0.255 e. The van der Waals surface area contributed by atoms with Crippen LogP contribution in [0.15, 0.2) is 71.1 Å². The van der Waals surface area contributed by atoms with Crippen LogP contribution in [0.4, 0.5) is 15.8 Å². The van der Waals surface area contributed by atoms with Gasteiger partial charge in [-0.15, -0.1) is 11.3 Å². The van der Waals surface area contributed by atoms with Crippen LogP contribution in [0.25, 0.3) is 10.2 Å². The van der Waals surface area contributed by atoms with E-state index < -0.39 is 0 Å². The fourth-order valence-corrected chi connectivity index (χ4v) is 4.72. The number of anilines is 2. The summed E-state index contributed by atoms with van der Waals surface area (Å²) >= 11 is 2.79. The summed E-state index contributed by atoms with van der Waals surface area (Å²) in [6.07, 6.45) is 0. The number of aromatic nitrogens is 1. The van der Waals surface area contributed by atoms with Crippen molar-refractivity contribution >= 4 is 56.5 Å². The van der Waals surface area contributed by atoms with Crippen LogP contribution in [-0.2, 0) is 4.79 Å². The summed E-state index contributed by atoms with van der Waals surface area (Å²) in [6.45, 7) is 1.97. The molecule has 0 aliphatic rings. The Hall–Kier alpha value is -3.23. The maximum Gasteiger partial charge on any atom is 0.255 e. The predicted octanol–water partition coefficient (Wildman–Crippen LogP) is 5.73. The number of thioether (sulfide) groups is 1. The van der Waals surface area contributed by atoms with Crippen molar-refractivity contribution in [3.63, 3.8) is 0 Å². The van der Waals surface area contributed by atoms with E-state index >= 15 is 0 Å². The quantitative estimate of drug-likeness (QED) is 0.368. The van der Waals surface area contributed by atoms with Crippen molar-refractivity contribution in [3.05, 3.63) is 83.7 Å². The first-order valence-electron chi connectivity index (χ1n) is 9.43. The Morgan fingerprint density at radius 3 is 2.42 bits per heavy atom. The first kappa shape index (κ1) is 21.0. The second kappa shape index (κ2) is 9.28. The second-order valence-corrected chi connectivity index (χ2v) is 9.08. The van der Waals surface area contributed by atoms with Crippen molar-refractivity contribution in [1.82, 2.24) is 4.98 Å². The minimum absolute atomic E-state index is 0.170. The van der Waals surface area contributed by atoms with Crippen LogP contribution in [-0.4, -0.2) is 22.6 Å². The highest BCUT2D eigenvalue weighted by Gasteiger charge is 2.11. The molecule has 3 aromatic carbocycles. The topological polar surface area (TPSA) is 71.1 Å². The molecule has 1 heterocycles. The monoisotopic (exact) mass is 451 g/mol. The molecule has 156 valence electrons. The Morgan fingerprint density at radius 2 is 1.68 bits per heavy atom. The fourth-order valence-electron chi connectivity index (χ4n) is 2.81. The summed E-state index contributed by atoms with van der Waals surface area (Å²) in [4.78, 5) is 29.1. The molecule has 0 bridgehead atoms. The normalized spacial score (nSPS) is 10.8. The average Bonchev–Trinajstić information content (AvgIpc) is 3.16. The second-order valence-electron chi connectivity index (χ2n) is 6.83. The fraction of sp³-hybridized carbons (Fsp3) is 0.0870. The minimum atomic E-state index is -0.351. The van der Waals surface area contributed by atoms with Crippen LogP contribution >= 0.6 is 23.1 Å². The number of benzene rings is 3. The van der Waals surface area contributed by atoms with E-state index in [0.29, 0.717) is 16.9 Å². The highest BCUT2D eigenvalue weighted by atomic mass is 32.2. The molecule has 0 unspecified atom stereocenters. The number of carbonyl (C=O) groups excluding carboxylic acids is 2. The Balaban J connectivity index is 1.38. The standard InChI is InChI=1S/C23H18FN3O2S2/c1-14-2-4-15(5-3-14)22(29)26-18-10-11-19-20(12-18)31-23(27-19)30-13-21(28)25-17-8-6-16(24)7-9-17/h2-12H,13H2,1H3,(H,25,28)(H,26,29).